The molecule has 19 heavy (non-hydrogen) atoms. The Morgan fingerprint density at radius 2 is 2.16 bits per heavy atom. The van der Waals surface area contributed by atoms with Crippen LogP contribution < -0.4 is 10.6 Å². The average Bonchev–Trinajstić information content (AvgIpc) is 2.34. The molecule has 7 heteroatoms. The number of aromatic nitrogens is 1. The molecule has 1 unspecified atom stereocenters. The molecule has 0 radical (unpaired) electrons. The summed E-state index contributed by atoms with van der Waals surface area (Å²) in [5, 5.41) is 11.0. The van der Waals surface area contributed by atoms with Crippen molar-refractivity contribution in [2.45, 2.75) is 26.3 Å². The zero-order chi connectivity index (χ0) is 14.6. The van der Waals surface area contributed by atoms with E-state index in [1.807, 2.05) is 11.9 Å². The molecular formula is C12H19BrN4O2. The third-order valence-electron chi connectivity index (χ3n) is 3.09. The highest BCUT2D eigenvalue weighted by Crippen LogP contribution is 2.33. The van der Waals surface area contributed by atoms with Crippen molar-refractivity contribution in [2.24, 2.45) is 11.7 Å². The number of nitrogens with zero attached hydrogens (tertiary/aromatic N) is 3. The quantitative estimate of drug-likeness (QED) is 0.640. The normalized spacial score (nSPS) is 12.5. The summed E-state index contributed by atoms with van der Waals surface area (Å²) in [5.74, 6) is 0.393. The van der Waals surface area contributed by atoms with Gasteiger partial charge in [0.2, 0.25) is 0 Å². The zero-order valence-electron chi connectivity index (χ0n) is 11.3. The van der Waals surface area contributed by atoms with Crippen molar-refractivity contribution < 1.29 is 4.92 Å². The van der Waals surface area contributed by atoms with Crippen LogP contribution in [0.15, 0.2) is 16.9 Å². The fourth-order valence-electron chi connectivity index (χ4n) is 1.72. The first kappa shape index (κ1) is 15.8. The first-order valence-electron chi connectivity index (χ1n) is 6.09. The first-order chi connectivity index (χ1) is 8.84. The van der Waals surface area contributed by atoms with Crippen LogP contribution in [0.5, 0.6) is 0 Å². The van der Waals surface area contributed by atoms with Crippen LogP contribution in [-0.4, -0.2) is 29.5 Å². The van der Waals surface area contributed by atoms with Gasteiger partial charge in [0, 0.05) is 25.8 Å². The van der Waals surface area contributed by atoms with Gasteiger partial charge >= 0.3 is 5.69 Å². The summed E-state index contributed by atoms with van der Waals surface area (Å²) in [7, 11) is 1.82. The predicted octanol–water partition coefficient (Wildman–Crippen LogP) is 2.56. The van der Waals surface area contributed by atoms with Crippen molar-refractivity contribution in [1.29, 1.82) is 0 Å². The van der Waals surface area contributed by atoms with Crippen molar-refractivity contribution in [2.75, 3.05) is 18.5 Å². The Bertz CT molecular complexity index is 453. The van der Waals surface area contributed by atoms with Crippen LogP contribution in [-0.2, 0) is 0 Å². The van der Waals surface area contributed by atoms with Crippen LogP contribution >= 0.6 is 15.9 Å². The Hall–Kier alpha value is -1.21. The molecule has 0 aliphatic rings. The second kappa shape index (κ2) is 6.81. The summed E-state index contributed by atoms with van der Waals surface area (Å²) >= 11 is 3.31. The molecule has 0 saturated heterocycles. The molecule has 106 valence electrons. The van der Waals surface area contributed by atoms with Gasteiger partial charge in [0.1, 0.15) is 11.9 Å². The van der Waals surface area contributed by atoms with Crippen molar-refractivity contribution in [3.63, 3.8) is 0 Å². The van der Waals surface area contributed by atoms with Gasteiger partial charge in [-0.3, -0.25) is 15.1 Å². The first-order valence-corrected chi connectivity index (χ1v) is 6.88. The van der Waals surface area contributed by atoms with Gasteiger partial charge < -0.3 is 10.6 Å². The highest BCUT2D eigenvalue weighted by molar-refractivity contribution is 9.10. The SMILES string of the molecule is CC(C)C(N)CCN(C)c1c(Br)cncc1[N+](=O)[O-]. The summed E-state index contributed by atoms with van der Waals surface area (Å²) in [6, 6.07) is 0.0853. The van der Waals surface area contributed by atoms with Crippen molar-refractivity contribution in [3.8, 4) is 0 Å². The molecule has 1 aromatic rings. The summed E-state index contributed by atoms with van der Waals surface area (Å²) in [4.78, 5) is 16.3. The largest absolute Gasteiger partial charge is 0.368 e. The molecule has 0 aliphatic carbocycles. The predicted molar refractivity (Wildman–Crippen MR) is 79.3 cm³/mol. The van der Waals surface area contributed by atoms with Crippen molar-refractivity contribution >= 4 is 27.3 Å². The summed E-state index contributed by atoms with van der Waals surface area (Å²) in [5.41, 5.74) is 6.53. The molecule has 1 atom stereocenters. The number of rotatable bonds is 6. The number of anilines is 1. The Kier molecular flexibility index (Phi) is 5.68. The molecule has 0 fully saturated rings. The maximum absolute atomic E-state index is 11.0. The molecule has 1 heterocycles. The zero-order valence-corrected chi connectivity index (χ0v) is 12.9. The molecule has 0 saturated carbocycles. The Balaban J connectivity index is 2.87. The smallest absolute Gasteiger partial charge is 0.311 e. The molecule has 1 aromatic heterocycles. The average molecular weight is 331 g/mol. The Morgan fingerprint density at radius 1 is 1.53 bits per heavy atom. The monoisotopic (exact) mass is 330 g/mol. The van der Waals surface area contributed by atoms with Gasteiger partial charge in [-0.15, -0.1) is 0 Å². The lowest BCUT2D eigenvalue weighted by molar-refractivity contribution is -0.384. The Labute approximate surface area is 121 Å². The van der Waals surface area contributed by atoms with E-state index >= 15 is 0 Å². The van der Waals surface area contributed by atoms with Crippen LogP contribution in [0.2, 0.25) is 0 Å². The molecular weight excluding hydrogens is 312 g/mol. The number of halogens is 1. The fraction of sp³-hybridized carbons (Fsp3) is 0.583. The number of hydrogen-bond acceptors (Lipinski definition) is 5. The number of nitrogens with two attached hydrogens (primary N) is 1. The second-order valence-electron chi connectivity index (χ2n) is 4.86. The molecule has 0 aromatic carbocycles. The van der Waals surface area contributed by atoms with E-state index in [4.69, 9.17) is 5.73 Å². The number of nitro groups is 1. The van der Waals surface area contributed by atoms with Gasteiger partial charge in [-0.2, -0.15) is 0 Å². The second-order valence-corrected chi connectivity index (χ2v) is 5.72. The van der Waals surface area contributed by atoms with Gasteiger partial charge in [0.15, 0.2) is 0 Å². The van der Waals surface area contributed by atoms with E-state index in [0.29, 0.717) is 22.6 Å². The molecule has 2 N–H and O–H groups in total. The van der Waals surface area contributed by atoms with Gasteiger partial charge in [0.05, 0.1) is 9.40 Å². The van der Waals surface area contributed by atoms with Crippen LogP contribution in [0.25, 0.3) is 0 Å². The molecule has 1 rings (SSSR count). The van der Waals surface area contributed by atoms with Gasteiger partial charge in [-0.1, -0.05) is 13.8 Å². The minimum atomic E-state index is -0.425. The molecule has 6 nitrogen and oxygen atoms in total. The molecule has 0 spiro atoms. The van der Waals surface area contributed by atoms with Gasteiger partial charge in [-0.05, 0) is 28.3 Å². The maximum Gasteiger partial charge on any atom is 0.311 e. The third-order valence-corrected chi connectivity index (χ3v) is 3.67. The minimum absolute atomic E-state index is 0.00464. The molecule has 0 aliphatic heterocycles. The molecule has 0 amide bonds. The third kappa shape index (κ3) is 4.14. The minimum Gasteiger partial charge on any atom is -0.368 e. The van der Waals surface area contributed by atoms with Crippen LogP contribution in [0, 0.1) is 16.0 Å². The fourth-order valence-corrected chi connectivity index (χ4v) is 2.34. The van der Waals surface area contributed by atoms with Crippen LogP contribution in [0.4, 0.5) is 11.4 Å². The maximum atomic E-state index is 11.0. The van der Waals surface area contributed by atoms with Crippen LogP contribution in [0.1, 0.15) is 20.3 Å². The lowest BCUT2D eigenvalue weighted by Gasteiger charge is -2.23. The van der Waals surface area contributed by atoms with Crippen LogP contribution in [0.3, 0.4) is 0 Å². The van der Waals surface area contributed by atoms with Gasteiger partial charge in [-0.25, -0.2) is 0 Å². The standard InChI is InChI=1S/C12H19BrN4O2/c1-8(2)10(14)4-5-16(3)12-9(13)6-15-7-11(12)17(18)19/h6-8,10H,4-5,14H2,1-3H3. The summed E-state index contributed by atoms with van der Waals surface area (Å²) in [6.07, 6.45) is 3.60. The number of pyridine rings is 1. The Morgan fingerprint density at radius 3 is 2.68 bits per heavy atom. The van der Waals surface area contributed by atoms with E-state index in [1.165, 1.54) is 6.20 Å². The van der Waals surface area contributed by atoms with Crippen molar-refractivity contribution in [3.05, 3.63) is 27.0 Å². The highest BCUT2D eigenvalue weighted by Gasteiger charge is 2.21. The van der Waals surface area contributed by atoms with Crippen molar-refractivity contribution in [1.82, 2.24) is 4.98 Å². The van der Waals surface area contributed by atoms with E-state index in [9.17, 15) is 10.1 Å². The molecule has 0 bridgehead atoms. The van der Waals surface area contributed by atoms with E-state index in [-0.39, 0.29) is 11.7 Å². The lowest BCUT2D eigenvalue weighted by Crippen LogP contribution is -2.32. The van der Waals surface area contributed by atoms with E-state index in [2.05, 4.69) is 34.8 Å². The van der Waals surface area contributed by atoms with Gasteiger partial charge in [0.25, 0.3) is 0 Å². The highest BCUT2D eigenvalue weighted by atomic mass is 79.9. The summed E-state index contributed by atoms with van der Waals surface area (Å²) < 4.78 is 0.613. The number of hydrogen-bond donors (Lipinski definition) is 1. The topological polar surface area (TPSA) is 85.3 Å². The summed E-state index contributed by atoms with van der Waals surface area (Å²) in [6.45, 7) is 4.79. The van der Waals surface area contributed by atoms with E-state index in [1.54, 1.807) is 6.20 Å². The van der Waals surface area contributed by atoms with E-state index in [0.717, 1.165) is 6.42 Å². The lowest BCUT2D eigenvalue weighted by atomic mass is 10.0. The van der Waals surface area contributed by atoms with E-state index < -0.39 is 4.92 Å².